The van der Waals surface area contributed by atoms with Crippen LogP contribution in [-0.2, 0) is 4.74 Å². The van der Waals surface area contributed by atoms with Gasteiger partial charge in [-0.25, -0.2) is 4.79 Å². The average Bonchev–Trinajstić information content (AvgIpc) is 2.87. The fraction of sp³-hybridized carbons (Fsp3) is 0.933. The molecule has 4 nitrogen and oxygen atoms in total. The van der Waals surface area contributed by atoms with Crippen molar-refractivity contribution >= 4 is 17.8 Å². The van der Waals surface area contributed by atoms with E-state index >= 15 is 0 Å². The van der Waals surface area contributed by atoms with Gasteiger partial charge in [-0.2, -0.15) is 11.8 Å². The lowest BCUT2D eigenvalue weighted by Gasteiger charge is -2.22. The van der Waals surface area contributed by atoms with Crippen molar-refractivity contribution in [3.63, 3.8) is 0 Å². The zero-order valence-corrected chi connectivity index (χ0v) is 13.4. The first-order valence-corrected chi connectivity index (χ1v) is 9.10. The molecule has 0 saturated carbocycles. The van der Waals surface area contributed by atoms with Gasteiger partial charge < -0.3 is 15.0 Å². The molecule has 116 valence electrons. The predicted octanol–water partition coefficient (Wildman–Crippen LogP) is 2.87. The number of hydrogen-bond donors (Lipinski definition) is 1. The third kappa shape index (κ3) is 5.17. The van der Waals surface area contributed by atoms with Crippen molar-refractivity contribution in [3.05, 3.63) is 0 Å². The standard InChI is InChI=1S/C15H28N2O2S/c1-2-10-19-13-5-3-8-17(9-7-13)15(18)16-12-14-6-4-11-20-14/h13-14H,2-12H2,1H3,(H,16,18)/t13-,14+/m0/s1. The van der Waals surface area contributed by atoms with Crippen LogP contribution < -0.4 is 5.32 Å². The van der Waals surface area contributed by atoms with Crippen molar-refractivity contribution in [2.75, 3.05) is 32.0 Å². The molecule has 0 radical (unpaired) electrons. The van der Waals surface area contributed by atoms with Crippen molar-refractivity contribution in [1.29, 1.82) is 0 Å². The molecule has 2 rings (SSSR count). The van der Waals surface area contributed by atoms with Crippen LogP contribution in [0.2, 0.25) is 0 Å². The summed E-state index contributed by atoms with van der Waals surface area (Å²) in [5.74, 6) is 1.25. The Labute approximate surface area is 127 Å². The first kappa shape index (κ1) is 16.0. The third-order valence-corrected chi connectivity index (χ3v) is 5.42. The quantitative estimate of drug-likeness (QED) is 0.849. The molecule has 2 aliphatic heterocycles. The molecule has 0 spiro atoms. The molecule has 0 bridgehead atoms. The first-order valence-electron chi connectivity index (χ1n) is 8.05. The topological polar surface area (TPSA) is 41.6 Å². The van der Waals surface area contributed by atoms with Crippen LogP contribution in [0.5, 0.6) is 0 Å². The molecule has 5 heteroatoms. The van der Waals surface area contributed by atoms with Gasteiger partial charge in [-0.1, -0.05) is 6.92 Å². The molecule has 0 aliphatic carbocycles. The minimum Gasteiger partial charge on any atom is -0.378 e. The number of rotatable bonds is 5. The number of carbonyl (C=O) groups is 1. The molecule has 2 saturated heterocycles. The lowest BCUT2D eigenvalue weighted by Crippen LogP contribution is -2.42. The summed E-state index contributed by atoms with van der Waals surface area (Å²) < 4.78 is 5.82. The van der Waals surface area contributed by atoms with E-state index in [4.69, 9.17) is 4.74 Å². The minimum atomic E-state index is 0.119. The monoisotopic (exact) mass is 300 g/mol. The highest BCUT2D eigenvalue weighted by atomic mass is 32.2. The number of urea groups is 1. The van der Waals surface area contributed by atoms with Gasteiger partial charge in [0.2, 0.25) is 0 Å². The molecule has 2 atom stereocenters. The Morgan fingerprint density at radius 2 is 2.20 bits per heavy atom. The molecule has 0 aromatic rings. The predicted molar refractivity (Wildman–Crippen MR) is 84.3 cm³/mol. The molecule has 2 amide bonds. The molecule has 20 heavy (non-hydrogen) atoms. The van der Waals surface area contributed by atoms with Crippen LogP contribution in [0.3, 0.4) is 0 Å². The van der Waals surface area contributed by atoms with Gasteiger partial charge in [0.15, 0.2) is 0 Å². The van der Waals surface area contributed by atoms with Gasteiger partial charge in [0.25, 0.3) is 0 Å². The van der Waals surface area contributed by atoms with E-state index in [1.54, 1.807) is 0 Å². The Morgan fingerprint density at radius 1 is 1.30 bits per heavy atom. The molecule has 0 unspecified atom stereocenters. The summed E-state index contributed by atoms with van der Waals surface area (Å²) in [6, 6.07) is 0.119. The van der Waals surface area contributed by atoms with Crippen LogP contribution in [0.1, 0.15) is 45.4 Å². The Hall–Kier alpha value is -0.420. The van der Waals surface area contributed by atoms with Crippen molar-refractivity contribution in [2.45, 2.75) is 56.8 Å². The zero-order chi connectivity index (χ0) is 14.2. The highest BCUT2D eigenvalue weighted by Gasteiger charge is 2.22. The van der Waals surface area contributed by atoms with Crippen LogP contribution in [-0.4, -0.2) is 54.3 Å². The second-order valence-electron chi connectivity index (χ2n) is 5.73. The van der Waals surface area contributed by atoms with Crippen LogP contribution >= 0.6 is 11.8 Å². The number of hydrogen-bond acceptors (Lipinski definition) is 3. The van der Waals surface area contributed by atoms with Crippen LogP contribution in [0.25, 0.3) is 0 Å². The van der Waals surface area contributed by atoms with Crippen LogP contribution in [0, 0.1) is 0 Å². The maximum Gasteiger partial charge on any atom is 0.317 e. The van der Waals surface area contributed by atoms with E-state index in [0.29, 0.717) is 11.4 Å². The Bertz CT molecular complexity index is 296. The van der Waals surface area contributed by atoms with Gasteiger partial charge in [-0.15, -0.1) is 0 Å². The maximum atomic E-state index is 12.2. The summed E-state index contributed by atoms with van der Waals surface area (Å²) in [6.45, 7) is 5.51. The van der Waals surface area contributed by atoms with E-state index in [-0.39, 0.29) is 6.03 Å². The summed E-state index contributed by atoms with van der Waals surface area (Å²) in [7, 11) is 0. The van der Waals surface area contributed by atoms with Crippen molar-refractivity contribution in [1.82, 2.24) is 10.2 Å². The molecule has 0 aromatic carbocycles. The molecule has 2 heterocycles. The minimum absolute atomic E-state index is 0.119. The number of amides is 2. The summed E-state index contributed by atoms with van der Waals surface area (Å²) in [5.41, 5.74) is 0. The van der Waals surface area contributed by atoms with Gasteiger partial charge in [-0.05, 0) is 44.3 Å². The molecule has 2 aliphatic rings. The fourth-order valence-electron chi connectivity index (χ4n) is 2.84. The number of thioether (sulfide) groups is 1. The van der Waals surface area contributed by atoms with E-state index in [2.05, 4.69) is 12.2 Å². The van der Waals surface area contributed by atoms with Gasteiger partial charge in [0, 0.05) is 31.5 Å². The van der Waals surface area contributed by atoms with Crippen molar-refractivity contribution in [3.8, 4) is 0 Å². The van der Waals surface area contributed by atoms with Crippen LogP contribution in [0.4, 0.5) is 4.79 Å². The number of nitrogens with one attached hydrogen (secondary N) is 1. The number of nitrogens with zero attached hydrogens (tertiary/aromatic N) is 1. The third-order valence-electron chi connectivity index (χ3n) is 4.02. The zero-order valence-electron chi connectivity index (χ0n) is 12.6. The molecule has 0 aromatic heterocycles. The van der Waals surface area contributed by atoms with Gasteiger partial charge in [0.1, 0.15) is 0 Å². The summed E-state index contributed by atoms with van der Waals surface area (Å²) in [4.78, 5) is 14.2. The fourth-order valence-corrected chi connectivity index (χ4v) is 4.04. The number of carbonyl (C=O) groups excluding carboxylic acids is 1. The Kier molecular flexibility index (Phi) is 7.00. The van der Waals surface area contributed by atoms with E-state index in [1.807, 2.05) is 16.7 Å². The molecule has 2 fully saturated rings. The average molecular weight is 300 g/mol. The van der Waals surface area contributed by atoms with Gasteiger partial charge >= 0.3 is 6.03 Å². The van der Waals surface area contributed by atoms with E-state index in [9.17, 15) is 4.79 Å². The highest BCUT2D eigenvalue weighted by molar-refractivity contribution is 8.00. The highest BCUT2D eigenvalue weighted by Crippen LogP contribution is 2.25. The van der Waals surface area contributed by atoms with Crippen molar-refractivity contribution < 1.29 is 9.53 Å². The molecule has 1 N–H and O–H groups in total. The second kappa shape index (κ2) is 8.78. The lowest BCUT2D eigenvalue weighted by molar-refractivity contribution is 0.0445. The molecular formula is C15H28N2O2S. The summed E-state index contributed by atoms with van der Waals surface area (Å²) in [6.07, 6.45) is 7.08. The number of ether oxygens (including phenoxy) is 1. The van der Waals surface area contributed by atoms with Gasteiger partial charge in [0.05, 0.1) is 6.10 Å². The van der Waals surface area contributed by atoms with Crippen molar-refractivity contribution in [2.24, 2.45) is 0 Å². The number of likely N-dealkylation sites (tertiary alicyclic amines) is 1. The first-order chi connectivity index (χ1) is 9.79. The second-order valence-corrected chi connectivity index (χ2v) is 7.14. The summed E-state index contributed by atoms with van der Waals surface area (Å²) >= 11 is 1.99. The smallest absolute Gasteiger partial charge is 0.317 e. The normalized spacial score (nSPS) is 27.4. The van der Waals surface area contributed by atoms with E-state index < -0.39 is 0 Å². The summed E-state index contributed by atoms with van der Waals surface area (Å²) in [5, 5.41) is 3.74. The maximum absolute atomic E-state index is 12.2. The Morgan fingerprint density at radius 3 is 2.95 bits per heavy atom. The van der Waals surface area contributed by atoms with Gasteiger partial charge in [-0.3, -0.25) is 0 Å². The SMILES string of the molecule is CCCO[C@H]1CCCN(C(=O)NC[C@H]2CCCS2)CC1. The largest absolute Gasteiger partial charge is 0.378 e. The Balaban J connectivity index is 1.67. The van der Waals surface area contributed by atoms with E-state index in [1.165, 1.54) is 18.6 Å². The van der Waals surface area contributed by atoms with E-state index in [0.717, 1.165) is 51.9 Å². The molecular weight excluding hydrogens is 272 g/mol. The lowest BCUT2D eigenvalue weighted by atomic mass is 10.2. The van der Waals surface area contributed by atoms with Crippen LogP contribution in [0.15, 0.2) is 0 Å².